The third-order valence-electron chi connectivity index (χ3n) is 2.75. The molecule has 0 unspecified atom stereocenters. The van der Waals surface area contributed by atoms with Gasteiger partial charge in [-0.15, -0.1) is 6.58 Å². The number of nitrogens with one attached hydrogen (secondary N) is 1. The zero-order valence-electron chi connectivity index (χ0n) is 11.2. The number of furan rings is 1. The Morgan fingerprint density at radius 3 is 3.06 bits per heavy atom. The van der Waals surface area contributed by atoms with Crippen molar-refractivity contribution in [1.29, 1.82) is 0 Å². The van der Waals surface area contributed by atoms with Crippen molar-refractivity contribution >= 4 is 0 Å². The van der Waals surface area contributed by atoms with Crippen LogP contribution in [0.4, 0.5) is 0 Å². The van der Waals surface area contributed by atoms with Crippen LogP contribution in [-0.4, -0.2) is 36.2 Å². The van der Waals surface area contributed by atoms with E-state index in [1.165, 1.54) is 5.56 Å². The molecule has 0 saturated heterocycles. The summed E-state index contributed by atoms with van der Waals surface area (Å²) in [6.45, 7) is 10.0. The summed E-state index contributed by atoms with van der Waals surface area (Å²) in [5.41, 5.74) is 1.17. The second kappa shape index (κ2) is 8.91. The molecule has 0 aliphatic rings. The summed E-state index contributed by atoms with van der Waals surface area (Å²) in [5.74, 6) is 0.982. The van der Waals surface area contributed by atoms with Gasteiger partial charge >= 0.3 is 0 Å². The van der Waals surface area contributed by atoms with Crippen LogP contribution in [0.5, 0.6) is 0 Å². The highest BCUT2D eigenvalue weighted by Crippen LogP contribution is 2.13. The molecule has 0 aliphatic carbocycles. The fourth-order valence-corrected chi connectivity index (χ4v) is 1.84. The first-order valence-electron chi connectivity index (χ1n) is 6.51. The lowest BCUT2D eigenvalue weighted by molar-refractivity contribution is 0.202. The van der Waals surface area contributed by atoms with Gasteiger partial charge in [0.05, 0.1) is 19.4 Å². The van der Waals surface area contributed by atoms with E-state index in [0.717, 1.165) is 38.4 Å². The summed E-state index contributed by atoms with van der Waals surface area (Å²) in [6.07, 6.45) is 4.69. The molecule has 1 aromatic heterocycles. The van der Waals surface area contributed by atoms with Crippen LogP contribution in [0.25, 0.3) is 0 Å². The summed E-state index contributed by atoms with van der Waals surface area (Å²) >= 11 is 0. The average molecular weight is 252 g/mol. The van der Waals surface area contributed by atoms with Gasteiger partial charge in [-0.2, -0.15) is 0 Å². The Hall–Kier alpha value is -1.10. The summed E-state index contributed by atoms with van der Waals surface area (Å²) < 4.78 is 5.49. The quantitative estimate of drug-likeness (QED) is 0.492. The Labute approximate surface area is 109 Å². The van der Waals surface area contributed by atoms with E-state index in [4.69, 9.17) is 9.52 Å². The zero-order valence-corrected chi connectivity index (χ0v) is 11.2. The lowest BCUT2D eigenvalue weighted by atomic mass is 10.2. The average Bonchev–Trinajstić information content (AvgIpc) is 2.78. The van der Waals surface area contributed by atoms with Gasteiger partial charge in [0.1, 0.15) is 5.76 Å². The Balaban J connectivity index is 2.53. The van der Waals surface area contributed by atoms with Gasteiger partial charge in [0.15, 0.2) is 0 Å². The molecule has 1 aromatic rings. The molecule has 102 valence electrons. The van der Waals surface area contributed by atoms with Crippen molar-refractivity contribution in [3.05, 3.63) is 36.3 Å². The molecule has 0 spiro atoms. The highest BCUT2D eigenvalue weighted by Gasteiger charge is 2.10. The van der Waals surface area contributed by atoms with Gasteiger partial charge in [0, 0.05) is 25.2 Å². The molecule has 2 N–H and O–H groups in total. The van der Waals surface area contributed by atoms with Gasteiger partial charge in [-0.25, -0.2) is 0 Å². The summed E-state index contributed by atoms with van der Waals surface area (Å²) in [5, 5.41) is 12.4. The molecule has 1 heterocycles. The molecule has 0 radical (unpaired) electrons. The van der Waals surface area contributed by atoms with Crippen molar-refractivity contribution in [1.82, 2.24) is 10.2 Å². The molecule has 1 rings (SSSR count). The highest BCUT2D eigenvalue weighted by molar-refractivity contribution is 5.17. The predicted molar refractivity (Wildman–Crippen MR) is 73.3 cm³/mol. The summed E-state index contributed by atoms with van der Waals surface area (Å²) in [4.78, 5) is 2.14. The molecule has 18 heavy (non-hydrogen) atoms. The van der Waals surface area contributed by atoms with E-state index in [2.05, 4.69) is 23.7 Å². The van der Waals surface area contributed by atoms with Gasteiger partial charge in [-0.1, -0.05) is 13.0 Å². The van der Waals surface area contributed by atoms with Crippen molar-refractivity contribution < 1.29 is 9.52 Å². The molecule has 0 aliphatic heterocycles. The van der Waals surface area contributed by atoms with Crippen LogP contribution in [0.3, 0.4) is 0 Å². The lowest BCUT2D eigenvalue weighted by Gasteiger charge is -2.19. The number of aliphatic hydroxyl groups is 1. The van der Waals surface area contributed by atoms with E-state index in [0.29, 0.717) is 6.54 Å². The van der Waals surface area contributed by atoms with E-state index in [1.54, 1.807) is 6.26 Å². The van der Waals surface area contributed by atoms with Crippen LogP contribution in [0.15, 0.2) is 29.4 Å². The smallest absolute Gasteiger partial charge is 0.122 e. The highest BCUT2D eigenvalue weighted by atomic mass is 16.3. The van der Waals surface area contributed by atoms with Crippen molar-refractivity contribution in [2.24, 2.45) is 0 Å². The van der Waals surface area contributed by atoms with Gasteiger partial charge in [-0.3, -0.25) is 4.90 Å². The summed E-state index contributed by atoms with van der Waals surface area (Å²) in [7, 11) is 0. The molecule has 0 fully saturated rings. The fraction of sp³-hybridized carbons (Fsp3) is 0.571. The summed E-state index contributed by atoms with van der Waals surface area (Å²) in [6, 6.07) is 2.00. The number of aliphatic hydroxyl groups excluding tert-OH is 1. The van der Waals surface area contributed by atoms with Gasteiger partial charge < -0.3 is 14.8 Å². The van der Waals surface area contributed by atoms with Crippen LogP contribution >= 0.6 is 0 Å². The molecule has 0 saturated carbocycles. The Morgan fingerprint density at radius 1 is 1.56 bits per heavy atom. The Bertz CT molecular complexity index is 336. The topological polar surface area (TPSA) is 48.6 Å². The van der Waals surface area contributed by atoms with E-state index in [-0.39, 0.29) is 6.61 Å². The standard InChI is InChI=1S/C14H24N2O2/c1-3-6-15-11-14-13(5-10-18-14)12-16(7-4-2)8-9-17/h4-5,10,15,17H,2-3,6-9,11-12H2,1H3. The van der Waals surface area contributed by atoms with Crippen molar-refractivity contribution in [3.8, 4) is 0 Å². The number of hydrogen-bond acceptors (Lipinski definition) is 4. The third-order valence-corrected chi connectivity index (χ3v) is 2.75. The normalized spacial score (nSPS) is 11.1. The van der Waals surface area contributed by atoms with E-state index >= 15 is 0 Å². The van der Waals surface area contributed by atoms with E-state index in [1.807, 2.05) is 12.1 Å². The Kier molecular flexibility index (Phi) is 7.41. The van der Waals surface area contributed by atoms with Crippen molar-refractivity contribution in [2.45, 2.75) is 26.4 Å². The zero-order chi connectivity index (χ0) is 13.2. The minimum Gasteiger partial charge on any atom is -0.468 e. The SMILES string of the molecule is C=CCN(CCO)Cc1ccoc1CNCCC. The van der Waals surface area contributed by atoms with Gasteiger partial charge in [-0.05, 0) is 19.0 Å². The first-order valence-corrected chi connectivity index (χ1v) is 6.51. The van der Waals surface area contributed by atoms with Crippen LogP contribution in [0, 0.1) is 0 Å². The second-order valence-electron chi connectivity index (χ2n) is 4.29. The van der Waals surface area contributed by atoms with Crippen LogP contribution in [-0.2, 0) is 13.1 Å². The third kappa shape index (κ3) is 5.04. The predicted octanol–water partition coefficient (Wildman–Crippen LogP) is 1.76. The van der Waals surface area contributed by atoms with Gasteiger partial charge in [0.25, 0.3) is 0 Å². The maximum absolute atomic E-state index is 9.02. The molecule has 4 heteroatoms. The number of nitrogens with zero attached hydrogens (tertiary/aromatic N) is 1. The van der Waals surface area contributed by atoms with Crippen molar-refractivity contribution in [2.75, 3.05) is 26.2 Å². The van der Waals surface area contributed by atoms with E-state index in [9.17, 15) is 0 Å². The largest absolute Gasteiger partial charge is 0.468 e. The second-order valence-corrected chi connectivity index (χ2v) is 4.29. The number of rotatable bonds is 10. The monoisotopic (exact) mass is 252 g/mol. The lowest BCUT2D eigenvalue weighted by Crippen LogP contribution is -2.27. The minimum atomic E-state index is 0.162. The molecule has 4 nitrogen and oxygen atoms in total. The molecule has 0 bridgehead atoms. The molecular formula is C14H24N2O2. The van der Waals surface area contributed by atoms with Crippen LogP contribution < -0.4 is 5.32 Å². The van der Waals surface area contributed by atoms with Crippen LogP contribution in [0.1, 0.15) is 24.7 Å². The van der Waals surface area contributed by atoms with Crippen LogP contribution in [0.2, 0.25) is 0 Å². The molecule has 0 amide bonds. The Morgan fingerprint density at radius 2 is 2.39 bits per heavy atom. The first kappa shape index (κ1) is 15.0. The van der Waals surface area contributed by atoms with Crippen molar-refractivity contribution in [3.63, 3.8) is 0 Å². The maximum Gasteiger partial charge on any atom is 0.122 e. The molecule has 0 aromatic carbocycles. The van der Waals surface area contributed by atoms with E-state index < -0.39 is 0 Å². The maximum atomic E-state index is 9.02. The number of hydrogen-bond donors (Lipinski definition) is 2. The van der Waals surface area contributed by atoms with Gasteiger partial charge in [0.2, 0.25) is 0 Å². The molecule has 0 atom stereocenters. The molecular weight excluding hydrogens is 228 g/mol. The fourth-order valence-electron chi connectivity index (χ4n) is 1.84. The first-order chi connectivity index (χ1) is 8.81. The minimum absolute atomic E-state index is 0.162.